The molecule has 1 aliphatic heterocycles. The van der Waals surface area contributed by atoms with Crippen molar-refractivity contribution in [1.82, 2.24) is 14.9 Å². The van der Waals surface area contributed by atoms with Crippen molar-refractivity contribution in [3.8, 4) is 0 Å². The first-order valence-electron chi connectivity index (χ1n) is 7.25. The van der Waals surface area contributed by atoms with Gasteiger partial charge in [-0.15, -0.1) is 0 Å². The minimum Gasteiger partial charge on any atom is -0.368 e. The van der Waals surface area contributed by atoms with Crippen LogP contribution in [0.4, 0.5) is 5.82 Å². The van der Waals surface area contributed by atoms with Gasteiger partial charge in [0.2, 0.25) is 0 Å². The molecule has 1 unspecified atom stereocenters. The average Bonchev–Trinajstić information content (AvgIpc) is 3.11. The van der Waals surface area contributed by atoms with Gasteiger partial charge in [0.15, 0.2) is 0 Å². The highest BCUT2D eigenvalue weighted by Crippen LogP contribution is 2.38. The van der Waals surface area contributed by atoms with Crippen LogP contribution in [0.2, 0.25) is 0 Å². The van der Waals surface area contributed by atoms with Gasteiger partial charge in [-0.3, -0.25) is 4.90 Å². The Balaban J connectivity index is 1.59. The Morgan fingerprint density at radius 2 is 2.11 bits per heavy atom. The summed E-state index contributed by atoms with van der Waals surface area (Å²) < 4.78 is 0.890. The molecule has 1 N–H and O–H groups in total. The van der Waals surface area contributed by atoms with Crippen LogP contribution >= 0.6 is 15.9 Å². The van der Waals surface area contributed by atoms with Crippen molar-refractivity contribution < 1.29 is 0 Å². The second-order valence-corrected chi connectivity index (χ2v) is 6.49. The van der Waals surface area contributed by atoms with Gasteiger partial charge in [-0.2, -0.15) is 0 Å². The molecular weight excluding hydrogens is 304 g/mol. The van der Waals surface area contributed by atoms with Gasteiger partial charge >= 0.3 is 0 Å². The summed E-state index contributed by atoms with van der Waals surface area (Å²) in [5, 5.41) is 3.46. The van der Waals surface area contributed by atoms with Gasteiger partial charge in [0, 0.05) is 24.6 Å². The highest BCUT2D eigenvalue weighted by molar-refractivity contribution is 9.10. The quantitative estimate of drug-likeness (QED) is 0.845. The molecule has 2 aliphatic rings. The van der Waals surface area contributed by atoms with E-state index in [0.717, 1.165) is 22.8 Å². The third-order valence-corrected chi connectivity index (χ3v) is 4.40. The van der Waals surface area contributed by atoms with Crippen LogP contribution in [0.3, 0.4) is 0 Å². The molecule has 0 bridgehead atoms. The third-order valence-electron chi connectivity index (χ3n) is 4.00. The minimum absolute atomic E-state index is 0.570. The molecule has 2 heterocycles. The fourth-order valence-corrected chi connectivity index (χ4v) is 3.01. The maximum Gasteiger partial charge on any atom is 0.135 e. The molecule has 1 saturated heterocycles. The Kier molecular flexibility index (Phi) is 4.03. The molecule has 1 atom stereocenters. The van der Waals surface area contributed by atoms with E-state index in [4.69, 9.17) is 0 Å². The number of nitrogens with one attached hydrogen (secondary N) is 1. The van der Waals surface area contributed by atoms with Crippen LogP contribution < -0.4 is 5.32 Å². The van der Waals surface area contributed by atoms with E-state index in [1.807, 2.05) is 6.07 Å². The molecule has 0 spiro atoms. The fourth-order valence-electron chi connectivity index (χ4n) is 2.61. The SMILES string of the molecule is CC(CNc1cc(Br)nc(C2CC2)n1)N1CCCC1. The molecule has 0 amide bonds. The second-order valence-electron chi connectivity index (χ2n) is 5.68. The van der Waals surface area contributed by atoms with Crippen LogP contribution in [0.5, 0.6) is 0 Å². The van der Waals surface area contributed by atoms with Gasteiger partial charge in [0.25, 0.3) is 0 Å². The maximum absolute atomic E-state index is 4.62. The van der Waals surface area contributed by atoms with Gasteiger partial charge in [0.05, 0.1) is 0 Å². The molecule has 1 saturated carbocycles. The summed E-state index contributed by atoms with van der Waals surface area (Å²) in [6, 6.07) is 2.54. The van der Waals surface area contributed by atoms with Gasteiger partial charge in [0.1, 0.15) is 16.2 Å². The first-order chi connectivity index (χ1) is 9.22. The largest absolute Gasteiger partial charge is 0.368 e. The predicted molar refractivity (Wildman–Crippen MR) is 80.5 cm³/mol. The number of nitrogens with zero attached hydrogens (tertiary/aromatic N) is 3. The number of likely N-dealkylation sites (tertiary alicyclic amines) is 1. The smallest absolute Gasteiger partial charge is 0.135 e. The molecule has 2 fully saturated rings. The molecule has 104 valence electrons. The van der Waals surface area contributed by atoms with Crippen molar-refractivity contribution in [2.24, 2.45) is 0 Å². The van der Waals surface area contributed by atoms with Gasteiger partial charge in [-0.25, -0.2) is 9.97 Å². The number of aromatic nitrogens is 2. The van der Waals surface area contributed by atoms with Crippen molar-refractivity contribution in [2.45, 2.75) is 44.6 Å². The second kappa shape index (κ2) is 5.75. The predicted octanol–water partition coefficient (Wildman–Crippen LogP) is 3.01. The van der Waals surface area contributed by atoms with Crippen LogP contribution in [-0.2, 0) is 0 Å². The summed E-state index contributed by atoms with van der Waals surface area (Å²) in [4.78, 5) is 11.6. The van der Waals surface area contributed by atoms with Gasteiger partial charge in [-0.1, -0.05) is 0 Å². The van der Waals surface area contributed by atoms with E-state index < -0.39 is 0 Å². The van der Waals surface area contributed by atoms with Crippen LogP contribution in [-0.4, -0.2) is 40.5 Å². The number of anilines is 1. The van der Waals surface area contributed by atoms with E-state index in [0.29, 0.717) is 12.0 Å². The number of hydrogen-bond donors (Lipinski definition) is 1. The molecule has 3 rings (SSSR count). The molecule has 1 aliphatic carbocycles. The fraction of sp³-hybridized carbons (Fsp3) is 0.714. The Labute approximate surface area is 123 Å². The monoisotopic (exact) mass is 324 g/mol. The zero-order valence-corrected chi connectivity index (χ0v) is 13.0. The molecule has 1 aromatic heterocycles. The Hall–Kier alpha value is -0.680. The van der Waals surface area contributed by atoms with Gasteiger partial charge in [-0.05, 0) is 61.6 Å². The van der Waals surface area contributed by atoms with E-state index in [2.05, 4.69) is 43.0 Å². The summed E-state index contributed by atoms with van der Waals surface area (Å²) >= 11 is 3.48. The van der Waals surface area contributed by atoms with Gasteiger partial charge < -0.3 is 5.32 Å². The Bertz CT molecular complexity index is 441. The van der Waals surface area contributed by atoms with E-state index >= 15 is 0 Å². The van der Waals surface area contributed by atoms with Crippen molar-refractivity contribution in [2.75, 3.05) is 25.0 Å². The summed E-state index contributed by atoms with van der Waals surface area (Å²) in [6.45, 7) is 5.72. The standard InChI is InChI=1S/C14H21BrN4/c1-10(19-6-2-3-7-19)9-16-13-8-12(15)17-14(18-13)11-4-5-11/h8,10-11H,2-7,9H2,1H3,(H,16,17,18). The lowest BCUT2D eigenvalue weighted by Gasteiger charge is -2.24. The van der Waals surface area contributed by atoms with E-state index in [-0.39, 0.29) is 0 Å². The summed E-state index contributed by atoms with van der Waals surface area (Å²) in [6.07, 6.45) is 5.16. The molecule has 5 heteroatoms. The zero-order chi connectivity index (χ0) is 13.2. The van der Waals surface area contributed by atoms with Crippen molar-refractivity contribution in [3.05, 3.63) is 16.5 Å². The molecule has 1 aromatic rings. The summed E-state index contributed by atoms with van der Waals surface area (Å²) in [5.74, 6) is 2.54. The minimum atomic E-state index is 0.570. The highest BCUT2D eigenvalue weighted by atomic mass is 79.9. The van der Waals surface area contributed by atoms with Crippen molar-refractivity contribution in [3.63, 3.8) is 0 Å². The first kappa shape index (κ1) is 13.3. The Morgan fingerprint density at radius 1 is 1.37 bits per heavy atom. The number of rotatable bonds is 5. The zero-order valence-electron chi connectivity index (χ0n) is 11.4. The van der Waals surface area contributed by atoms with Crippen LogP contribution in [0.25, 0.3) is 0 Å². The number of hydrogen-bond acceptors (Lipinski definition) is 4. The van der Waals surface area contributed by atoms with E-state index in [1.54, 1.807) is 0 Å². The third kappa shape index (κ3) is 3.45. The Morgan fingerprint density at radius 3 is 2.79 bits per heavy atom. The number of halogens is 1. The summed E-state index contributed by atoms with van der Waals surface area (Å²) in [5.41, 5.74) is 0. The summed E-state index contributed by atoms with van der Waals surface area (Å²) in [7, 11) is 0. The lowest BCUT2D eigenvalue weighted by molar-refractivity contribution is 0.269. The topological polar surface area (TPSA) is 41.1 Å². The maximum atomic E-state index is 4.62. The molecule has 0 radical (unpaired) electrons. The van der Waals surface area contributed by atoms with E-state index in [1.165, 1.54) is 38.8 Å². The van der Waals surface area contributed by atoms with Crippen molar-refractivity contribution in [1.29, 1.82) is 0 Å². The molecule has 19 heavy (non-hydrogen) atoms. The molecular formula is C14H21BrN4. The average molecular weight is 325 g/mol. The lowest BCUT2D eigenvalue weighted by Crippen LogP contribution is -2.35. The highest BCUT2D eigenvalue weighted by Gasteiger charge is 2.27. The van der Waals surface area contributed by atoms with Crippen LogP contribution in [0.15, 0.2) is 10.7 Å². The molecule has 0 aromatic carbocycles. The van der Waals surface area contributed by atoms with E-state index in [9.17, 15) is 0 Å². The van der Waals surface area contributed by atoms with Crippen LogP contribution in [0.1, 0.15) is 44.3 Å². The van der Waals surface area contributed by atoms with Crippen molar-refractivity contribution >= 4 is 21.7 Å². The normalized spacial score (nSPS) is 21.6. The first-order valence-corrected chi connectivity index (χ1v) is 8.04. The lowest BCUT2D eigenvalue weighted by atomic mass is 10.3. The van der Waals surface area contributed by atoms with Crippen LogP contribution in [0, 0.1) is 0 Å². The molecule has 4 nitrogen and oxygen atoms in total.